The molecule has 26 heavy (non-hydrogen) atoms. The Hall–Kier alpha value is -3.23. The third kappa shape index (κ3) is 3.56. The average molecular weight is 363 g/mol. The molecule has 2 heterocycles. The fourth-order valence-electron chi connectivity index (χ4n) is 2.41. The highest BCUT2D eigenvalue weighted by Gasteiger charge is 2.18. The summed E-state index contributed by atoms with van der Waals surface area (Å²) in [6, 6.07) is 4.49. The van der Waals surface area contributed by atoms with Gasteiger partial charge >= 0.3 is 12.6 Å². The Morgan fingerprint density at radius 2 is 2.19 bits per heavy atom. The summed E-state index contributed by atoms with van der Waals surface area (Å²) in [6.45, 7) is 0.660. The largest absolute Gasteiger partial charge is 0.462 e. The molecule has 0 aliphatic heterocycles. The minimum atomic E-state index is -2.98. The maximum absolute atomic E-state index is 12.6. The van der Waals surface area contributed by atoms with Crippen molar-refractivity contribution < 1.29 is 27.5 Å². The van der Waals surface area contributed by atoms with Crippen LogP contribution in [0, 0.1) is 6.92 Å². The normalized spacial score (nSPS) is 11.0. The van der Waals surface area contributed by atoms with Gasteiger partial charge in [0.15, 0.2) is 6.39 Å². The van der Waals surface area contributed by atoms with Crippen molar-refractivity contribution in [3.63, 3.8) is 0 Å². The summed E-state index contributed by atoms with van der Waals surface area (Å²) in [4.78, 5) is 15.9. The standard InChI is InChI=1S/C17H15F2N3O4/c1-3-25-16(23)13-7-22(21-10(13)2)11-4-5-15(26-17(18)19)12(6-11)14-8-24-9-20-14/h4-9,17H,3H2,1-2H3. The van der Waals surface area contributed by atoms with E-state index in [-0.39, 0.29) is 12.4 Å². The second-order valence-electron chi connectivity index (χ2n) is 5.23. The molecule has 3 aromatic rings. The molecule has 0 atom stereocenters. The second kappa shape index (κ2) is 7.34. The van der Waals surface area contributed by atoms with Crippen LogP contribution in [0.3, 0.4) is 0 Å². The van der Waals surface area contributed by atoms with Crippen LogP contribution in [0.1, 0.15) is 23.0 Å². The number of carbonyl (C=O) groups is 1. The first-order valence-corrected chi connectivity index (χ1v) is 7.70. The molecular weight excluding hydrogens is 348 g/mol. The first-order chi connectivity index (χ1) is 12.5. The van der Waals surface area contributed by atoms with Crippen LogP contribution in [0.5, 0.6) is 5.75 Å². The van der Waals surface area contributed by atoms with Crippen LogP contribution in [0.2, 0.25) is 0 Å². The van der Waals surface area contributed by atoms with Crippen molar-refractivity contribution in [2.45, 2.75) is 20.5 Å². The van der Waals surface area contributed by atoms with E-state index in [0.29, 0.717) is 28.2 Å². The zero-order chi connectivity index (χ0) is 18.7. The number of esters is 1. The smallest absolute Gasteiger partial charge is 0.387 e. The molecule has 0 bridgehead atoms. The summed E-state index contributed by atoms with van der Waals surface area (Å²) in [6.07, 6.45) is 4.02. The monoisotopic (exact) mass is 363 g/mol. The van der Waals surface area contributed by atoms with Gasteiger partial charge < -0.3 is 13.9 Å². The quantitative estimate of drug-likeness (QED) is 0.623. The minimum Gasteiger partial charge on any atom is -0.462 e. The van der Waals surface area contributed by atoms with Crippen LogP contribution in [0.15, 0.2) is 41.5 Å². The number of carbonyl (C=O) groups excluding carboxylic acids is 1. The molecule has 0 amide bonds. The summed E-state index contributed by atoms with van der Waals surface area (Å²) in [7, 11) is 0. The minimum absolute atomic E-state index is 0.0489. The predicted molar refractivity (Wildman–Crippen MR) is 86.4 cm³/mol. The lowest BCUT2D eigenvalue weighted by atomic mass is 10.1. The maximum atomic E-state index is 12.6. The van der Waals surface area contributed by atoms with Crippen LogP contribution < -0.4 is 4.74 Å². The van der Waals surface area contributed by atoms with Gasteiger partial charge in [-0.3, -0.25) is 0 Å². The van der Waals surface area contributed by atoms with Gasteiger partial charge in [-0.25, -0.2) is 14.5 Å². The lowest BCUT2D eigenvalue weighted by Gasteiger charge is -2.11. The summed E-state index contributed by atoms with van der Waals surface area (Å²) >= 11 is 0. The summed E-state index contributed by atoms with van der Waals surface area (Å²) in [5.41, 5.74) is 1.98. The number of benzene rings is 1. The summed E-state index contributed by atoms with van der Waals surface area (Å²) in [5.74, 6) is -0.530. The van der Waals surface area contributed by atoms with E-state index in [1.54, 1.807) is 26.0 Å². The summed E-state index contributed by atoms with van der Waals surface area (Å²) in [5, 5.41) is 4.28. The van der Waals surface area contributed by atoms with Gasteiger partial charge in [0.25, 0.3) is 0 Å². The van der Waals surface area contributed by atoms with Crippen molar-refractivity contribution >= 4 is 5.97 Å². The van der Waals surface area contributed by atoms with E-state index in [2.05, 4.69) is 14.8 Å². The number of oxazole rings is 1. The molecule has 7 nitrogen and oxygen atoms in total. The molecule has 0 unspecified atom stereocenters. The number of aryl methyl sites for hydroxylation is 1. The molecule has 2 aromatic heterocycles. The first kappa shape index (κ1) is 17.6. The topological polar surface area (TPSA) is 79.4 Å². The Labute approximate surface area is 147 Å². The summed E-state index contributed by atoms with van der Waals surface area (Å²) < 4.78 is 41.2. The number of halogens is 2. The molecule has 0 saturated carbocycles. The van der Waals surface area contributed by atoms with Gasteiger partial charge in [-0.2, -0.15) is 13.9 Å². The highest BCUT2D eigenvalue weighted by Crippen LogP contribution is 2.32. The Bertz CT molecular complexity index is 907. The molecule has 0 aliphatic carbocycles. The molecule has 0 spiro atoms. The highest BCUT2D eigenvalue weighted by atomic mass is 19.3. The Kier molecular flexibility index (Phi) is 4.97. The van der Waals surface area contributed by atoms with Crippen LogP contribution in [-0.4, -0.2) is 34.0 Å². The molecule has 1 aromatic carbocycles. The van der Waals surface area contributed by atoms with Crippen LogP contribution in [-0.2, 0) is 4.74 Å². The van der Waals surface area contributed by atoms with E-state index in [4.69, 9.17) is 9.15 Å². The number of alkyl halides is 2. The van der Waals surface area contributed by atoms with Gasteiger partial charge in [0.1, 0.15) is 23.3 Å². The molecule has 136 valence electrons. The van der Waals surface area contributed by atoms with Crippen molar-refractivity contribution in [1.82, 2.24) is 14.8 Å². The zero-order valence-electron chi connectivity index (χ0n) is 14.0. The number of rotatable bonds is 6. The fraction of sp³-hybridized carbons (Fsp3) is 0.235. The maximum Gasteiger partial charge on any atom is 0.387 e. The van der Waals surface area contributed by atoms with Gasteiger partial charge in [0, 0.05) is 11.8 Å². The Balaban J connectivity index is 2.03. The van der Waals surface area contributed by atoms with E-state index in [0.717, 1.165) is 0 Å². The number of hydrogen-bond donors (Lipinski definition) is 0. The fourth-order valence-corrected chi connectivity index (χ4v) is 2.41. The molecule has 3 rings (SSSR count). The van der Waals surface area contributed by atoms with Gasteiger partial charge in [-0.15, -0.1) is 0 Å². The van der Waals surface area contributed by atoms with Crippen LogP contribution >= 0.6 is 0 Å². The third-order valence-electron chi connectivity index (χ3n) is 3.55. The lowest BCUT2D eigenvalue weighted by molar-refractivity contribution is -0.0494. The molecule has 0 saturated heterocycles. The van der Waals surface area contributed by atoms with E-state index in [1.165, 1.54) is 29.6 Å². The van der Waals surface area contributed by atoms with E-state index in [1.807, 2.05) is 0 Å². The van der Waals surface area contributed by atoms with Gasteiger partial charge in [-0.1, -0.05) is 0 Å². The lowest BCUT2D eigenvalue weighted by Crippen LogP contribution is -2.05. The van der Waals surface area contributed by atoms with E-state index < -0.39 is 12.6 Å². The first-order valence-electron chi connectivity index (χ1n) is 7.70. The molecule has 0 aliphatic rings. The van der Waals surface area contributed by atoms with Gasteiger partial charge in [0.05, 0.1) is 18.0 Å². The van der Waals surface area contributed by atoms with E-state index >= 15 is 0 Å². The molecule has 0 N–H and O–H groups in total. The molecule has 0 radical (unpaired) electrons. The molecule has 0 fully saturated rings. The molecular formula is C17H15F2N3O4. The van der Waals surface area contributed by atoms with Crippen molar-refractivity contribution in [2.75, 3.05) is 6.61 Å². The van der Waals surface area contributed by atoms with Gasteiger partial charge in [-0.05, 0) is 32.0 Å². The zero-order valence-corrected chi connectivity index (χ0v) is 14.0. The van der Waals surface area contributed by atoms with Gasteiger partial charge in [0.2, 0.25) is 0 Å². The Morgan fingerprint density at radius 1 is 1.38 bits per heavy atom. The van der Waals surface area contributed by atoms with Crippen LogP contribution in [0.25, 0.3) is 16.9 Å². The van der Waals surface area contributed by atoms with E-state index in [9.17, 15) is 13.6 Å². The number of nitrogens with zero attached hydrogens (tertiary/aromatic N) is 3. The second-order valence-corrected chi connectivity index (χ2v) is 5.23. The van der Waals surface area contributed by atoms with Crippen LogP contribution in [0.4, 0.5) is 8.78 Å². The highest BCUT2D eigenvalue weighted by molar-refractivity contribution is 5.90. The molecule has 9 heteroatoms. The van der Waals surface area contributed by atoms with Crippen molar-refractivity contribution in [3.05, 3.63) is 48.3 Å². The number of hydrogen-bond acceptors (Lipinski definition) is 6. The average Bonchev–Trinajstić information content (AvgIpc) is 3.24. The SMILES string of the molecule is CCOC(=O)c1cn(-c2ccc(OC(F)F)c(-c3cocn3)c2)nc1C. The number of ether oxygens (including phenoxy) is 2. The third-order valence-corrected chi connectivity index (χ3v) is 3.55. The predicted octanol–water partition coefficient (Wildman–Crippen LogP) is 3.61. The van der Waals surface area contributed by atoms with Crippen molar-refractivity contribution in [1.29, 1.82) is 0 Å². The van der Waals surface area contributed by atoms with Crippen molar-refractivity contribution in [3.8, 4) is 22.7 Å². The van der Waals surface area contributed by atoms with Crippen molar-refractivity contribution in [2.24, 2.45) is 0 Å². The number of aromatic nitrogens is 3. The Morgan fingerprint density at radius 3 is 2.85 bits per heavy atom.